The Balaban J connectivity index is 1.40. The van der Waals surface area contributed by atoms with E-state index in [0.29, 0.717) is 0 Å². The van der Waals surface area contributed by atoms with Crippen LogP contribution < -0.4 is 5.32 Å². The number of nitrogens with one attached hydrogen (secondary N) is 2. The minimum atomic E-state index is -0.193. The van der Waals surface area contributed by atoms with E-state index in [9.17, 15) is 4.79 Å². The summed E-state index contributed by atoms with van der Waals surface area (Å²) in [6, 6.07) is 15.8. The van der Waals surface area contributed by atoms with Gasteiger partial charge in [0.1, 0.15) is 0 Å². The zero-order valence-electron chi connectivity index (χ0n) is 16.3. The van der Waals surface area contributed by atoms with Crippen molar-refractivity contribution in [3.63, 3.8) is 0 Å². The molecule has 2 N–H and O–H groups in total. The number of benzene rings is 2. The van der Waals surface area contributed by atoms with Crippen LogP contribution in [0.2, 0.25) is 0 Å². The molecular formula is C24H19N5O. The molecular weight excluding hydrogens is 374 g/mol. The molecule has 5 aromatic rings. The number of nitrogens with zero attached hydrogens (tertiary/aromatic N) is 3. The van der Waals surface area contributed by atoms with Gasteiger partial charge in [-0.05, 0) is 59.7 Å². The molecule has 3 heterocycles. The van der Waals surface area contributed by atoms with E-state index in [1.807, 2.05) is 60.3 Å². The largest absolute Gasteiger partial charge is 0.361 e. The fraction of sp³-hybridized carbons (Fsp3) is 0.0417. The number of anilines is 1. The Bertz CT molecular complexity index is 1410. The fourth-order valence-electron chi connectivity index (χ4n) is 3.58. The Morgan fingerprint density at radius 2 is 2.07 bits per heavy atom. The predicted molar refractivity (Wildman–Crippen MR) is 120 cm³/mol. The Kier molecular flexibility index (Phi) is 4.37. The van der Waals surface area contributed by atoms with Crippen molar-refractivity contribution in [2.24, 2.45) is 7.05 Å². The molecule has 6 heteroatoms. The van der Waals surface area contributed by atoms with Crippen LogP contribution in [0.1, 0.15) is 5.56 Å². The van der Waals surface area contributed by atoms with Gasteiger partial charge in [0.05, 0.1) is 17.4 Å². The summed E-state index contributed by atoms with van der Waals surface area (Å²) in [6.07, 6.45) is 10.5. The molecule has 0 aliphatic carbocycles. The van der Waals surface area contributed by atoms with Gasteiger partial charge in [0.25, 0.3) is 0 Å². The minimum Gasteiger partial charge on any atom is -0.361 e. The third-order valence-corrected chi connectivity index (χ3v) is 5.12. The molecule has 0 aliphatic rings. The molecule has 6 nitrogen and oxygen atoms in total. The van der Waals surface area contributed by atoms with Gasteiger partial charge in [-0.1, -0.05) is 6.07 Å². The van der Waals surface area contributed by atoms with Crippen LogP contribution in [0.25, 0.3) is 39.1 Å². The van der Waals surface area contributed by atoms with E-state index in [2.05, 4.69) is 26.3 Å². The molecule has 30 heavy (non-hydrogen) atoms. The monoisotopic (exact) mass is 393 g/mol. The number of hydrogen-bond acceptors (Lipinski definition) is 3. The zero-order valence-corrected chi connectivity index (χ0v) is 16.3. The number of aromatic nitrogens is 4. The van der Waals surface area contributed by atoms with Crippen LogP contribution in [0.5, 0.6) is 0 Å². The Hall–Kier alpha value is -4.19. The van der Waals surface area contributed by atoms with Crippen LogP contribution in [0.15, 0.2) is 79.5 Å². The number of H-pyrrole nitrogens is 1. The SMILES string of the molecule is Cn1cnc2ccc(-c3ccncc3/C=C/C(=O)Nc3ccc4[nH]ccc4c3)cc21. The summed E-state index contributed by atoms with van der Waals surface area (Å²) in [5.41, 5.74) is 6.72. The lowest BCUT2D eigenvalue weighted by Gasteiger charge is -2.07. The van der Waals surface area contributed by atoms with Crippen molar-refractivity contribution in [1.82, 2.24) is 19.5 Å². The molecule has 1 amide bonds. The highest BCUT2D eigenvalue weighted by Crippen LogP contribution is 2.27. The van der Waals surface area contributed by atoms with E-state index in [1.165, 1.54) is 6.08 Å². The van der Waals surface area contributed by atoms with Crippen LogP contribution in [0.3, 0.4) is 0 Å². The second-order valence-electron chi connectivity index (χ2n) is 7.12. The van der Waals surface area contributed by atoms with Gasteiger partial charge in [-0.3, -0.25) is 9.78 Å². The number of amides is 1. The summed E-state index contributed by atoms with van der Waals surface area (Å²) in [4.78, 5) is 24.2. The Morgan fingerprint density at radius 1 is 1.13 bits per heavy atom. The molecule has 0 radical (unpaired) electrons. The molecule has 0 saturated heterocycles. The predicted octanol–water partition coefficient (Wildman–Crippen LogP) is 4.77. The van der Waals surface area contributed by atoms with Gasteiger partial charge in [0.15, 0.2) is 0 Å². The van der Waals surface area contributed by atoms with E-state index >= 15 is 0 Å². The maximum Gasteiger partial charge on any atom is 0.248 e. The average molecular weight is 393 g/mol. The molecule has 0 aliphatic heterocycles. The van der Waals surface area contributed by atoms with Crippen LogP contribution >= 0.6 is 0 Å². The number of hydrogen-bond donors (Lipinski definition) is 2. The van der Waals surface area contributed by atoms with Gasteiger partial charge in [-0.25, -0.2) is 4.98 Å². The first-order valence-electron chi connectivity index (χ1n) is 9.59. The maximum atomic E-state index is 12.5. The lowest BCUT2D eigenvalue weighted by atomic mass is 10.0. The van der Waals surface area contributed by atoms with Crippen LogP contribution in [0, 0.1) is 0 Å². The summed E-state index contributed by atoms with van der Waals surface area (Å²) in [7, 11) is 1.97. The van der Waals surface area contributed by atoms with Crippen molar-refractivity contribution in [2.75, 3.05) is 5.32 Å². The summed E-state index contributed by atoms with van der Waals surface area (Å²) < 4.78 is 1.99. The minimum absolute atomic E-state index is 0.193. The normalized spacial score (nSPS) is 11.5. The van der Waals surface area contributed by atoms with Crippen molar-refractivity contribution < 1.29 is 4.79 Å². The summed E-state index contributed by atoms with van der Waals surface area (Å²) in [5, 5.41) is 3.96. The van der Waals surface area contributed by atoms with Crippen LogP contribution in [-0.4, -0.2) is 25.4 Å². The number of aryl methyl sites for hydroxylation is 1. The van der Waals surface area contributed by atoms with Gasteiger partial charge in [0.2, 0.25) is 5.91 Å². The van der Waals surface area contributed by atoms with Gasteiger partial charge < -0.3 is 14.9 Å². The molecule has 0 saturated carbocycles. The summed E-state index contributed by atoms with van der Waals surface area (Å²) in [5.74, 6) is -0.193. The van der Waals surface area contributed by atoms with E-state index in [-0.39, 0.29) is 5.91 Å². The molecule has 0 unspecified atom stereocenters. The van der Waals surface area contributed by atoms with E-state index in [1.54, 1.807) is 24.8 Å². The second kappa shape index (κ2) is 7.33. The van der Waals surface area contributed by atoms with Crippen molar-refractivity contribution in [3.05, 3.63) is 85.1 Å². The number of imidazole rings is 1. The maximum absolute atomic E-state index is 12.5. The summed E-state index contributed by atoms with van der Waals surface area (Å²) >= 11 is 0. The van der Waals surface area contributed by atoms with Crippen LogP contribution in [0.4, 0.5) is 5.69 Å². The number of rotatable bonds is 4. The molecule has 3 aromatic heterocycles. The highest BCUT2D eigenvalue weighted by Gasteiger charge is 2.07. The number of aromatic amines is 1. The summed E-state index contributed by atoms with van der Waals surface area (Å²) in [6.45, 7) is 0. The third-order valence-electron chi connectivity index (χ3n) is 5.12. The smallest absolute Gasteiger partial charge is 0.248 e. The number of carbonyl (C=O) groups excluding carboxylic acids is 1. The lowest BCUT2D eigenvalue weighted by molar-refractivity contribution is -0.111. The van der Waals surface area contributed by atoms with Crippen molar-refractivity contribution >= 4 is 39.6 Å². The van der Waals surface area contributed by atoms with Crippen molar-refractivity contribution in [3.8, 4) is 11.1 Å². The van der Waals surface area contributed by atoms with Gasteiger partial charge in [0, 0.05) is 53.9 Å². The highest BCUT2D eigenvalue weighted by atomic mass is 16.1. The van der Waals surface area contributed by atoms with Crippen molar-refractivity contribution in [1.29, 1.82) is 0 Å². The van der Waals surface area contributed by atoms with E-state index < -0.39 is 0 Å². The molecule has 0 spiro atoms. The third kappa shape index (κ3) is 3.35. The molecule has 0 atom stereocenters. The van der Waals surface area contributed by atoms with E-state index in [0.717, 1.165) is 44.3 Å². The van der Waals surface area contributed by atoms with E-state index in [4.69, 9.17) is 0 Å². The van der Waals surface area contributed by atoms with Crippen molar-refractivity contribution in [2.45, 2.75) is 0 Å². The highest BCUT2D eigenvalue weighted by molar-refractivity contribution is 6.03. The first-order valence-corrected chi connectivity index (χ1v) is 9.59. The number of carbonyl (C=O) groups is 1. The average Bonchev–Trinajstić information content (AvgIpc) is 3.38. The Labute approximate surface area is 172 Å². The fourth-order valence-corrected chi connectivity index (χ4v) is 3.58. The van der Waals surface area contributed by atoms with Crippen LogP contribution in [-0.2, 0) is 11.8 Å². The molecule has 5 rings (SSSR count). The lowest BCUT2D eigenvalue weighted by Crippen LogP contribution is -2.07. The Morgan fingerprint density at radius 3 is 3.00 bits per heavy atom. The topological polar surface area (TPSA) is 75.6 Å². The molecule has 0 fully saturated rings. The molecule has 2 aromatic carbocycles. The quantitative estimate of drug-likeness (QED) is 0.432. The molecule has 0 bridgehead atoms. The second-order valence-corrected chi connectivity index (χ2v) is 7.12. The first kappa shape index (κ1) is 17.9. The van der Waals surface area contributed by atoms with Gasteiger partial charge in [-0.15, -0.1) is 0 Å². The number of pyridine rings is 1. The first-order chi connectivity index (χ1) is 14.7. The zero-order chi connectivity index (χ0) is 20.5. The standard InChI is InChI=1S/C24H19N5O/c1-29-15-27-22-5-2-16(13-23(22)29)20-9-10-25-14-18(20)3-7-24(30)28-19-4-6-21-17(12-19)8-11-26-21/h2-15,26H,1H3,(H,28,30)/b7-3+. The molecule has 146 valence electrons. The number of fused-ring (bicyclic) bond motifs is 2. The van der Waals surface area contributed by atoms with Gasteiger partial charge in [-0.2, -0.15) is 0 Å². The van der Waals surface area contributed by atoms with Gasteiger partial charge >= 0.3 is 0 Å².